The molecule has 5 nitrogen and oxygen atoms in total. The van der Waals surface area contributed by atoms with Crippen LogP contribution in [0.5, 0.6) is 0 Å². The quantitative estimate of drug-likeness (QED) is 0.170. The number of rotatable bonds is 20. The Morgan fingerprint density at radius 1 is 0.806 bits per heavy atom. The summed E-state index contributed by atoms with van der Waals surface area (Å²) in [6.45, 7) is 2.26. The lowest BCUT2D eigenvalue weighted by Crippen LogP contribution is -2.28. The number of carbonyl (C=O) groups is 1. The second kappa shape index (κ2) is 18.6. The first-order chi connectivity index (χ1) is 15.0. The van der Waals surface area contributed by atoms with Gasteiger partial charge in [-0.2, -0.15) is 0 Å². The molecular formula is C26H48O5. The summed E-state index contributed by atoms with van der Waals surface area (Å²) < 4.78 is 5.14. The highest BCUT2D eigenvalue weighted by Crippen LogP contribution is 2.18. The molecule has 0 saturated heterocycles. The Hall–Kier alpha value is -0.910. The van der Waals surface area contributed by atoms with Crippen LogP contribution >= 0.6 is 0 Å². The Kier molecular flexibility index (Phi) is 16.9. The summed E-state index contributed by atoms with van der Waals surface area (Å²) in [4.78, 5) is 11.2. The highest BCUT2D eigenvalue weighted by Gasteiger charge is 2.22. The normalized spacial score (nSPS) is 19.2. The third kappa shape index (κ3) is 16.4. The predicted molar refractivity (Wildman–Crippen MR) is 126 cm³/mol. The number of hydrogen-bond acceptors (Lipinski definition) is 5. The number of ether oxygens (including phenoxy) is 1. The van der Waals surface area contributed by atoms with Gasteiger partial charge in [-0.15, -0.1) is 0 Å². The molecule has 1 heterocycles. The fourth-order valence-electron chi connectivity index (χ4n) is 4.29. The molecule has 0 aliphatic carbocycles. The zero-order chi connectivity index (χ0) is 22.7. The summed E-state index contributed by atoms with van der Waals surface area (Å²) >= 11 is 0. The maximum atomic E-state index is 11.2. The van der Waals surface area contributed by atoms with Crippen LogP contribution in [0.2, 0.25) is 0 Å². The third-order valence-corrected chi connectivity index (χ3v) is 6.24. The highest BCUT2D eigenvalue weighted by molar-refractivity contribution is 5.82. The summed E-state index contributed by atoms with van der Waals surface area (Å²) in [6, 6.07) is 0. The number of carbonyl (C=O) groups excluding carboxylic acids is 1. The number of hydrogen-bond donors (Lipinski definition) is 3. The molecule has 0 spiro atoms. The second-order valence-electron chi connectivity index (χ2n) is 9.38. The van der Waals surface area contributed by atoms with Crippen LogP contribution in [0.25, 0.3) is 0 Å². The average molecular weight is 441 g/mol. The van der Waals surface area contributed by atoms with E-state index in [1.807, 2.05) is 0 Å². The Bertz CT molecular complexity index is 465. The number of esters is 1. The predicted octanol–water partition coefficient (Wildman–Crippen LogP) is 5.59. The smallest absolute Gasteiger partial charge is 0.330 e. The fourth-order valence-corrected chi connectivity index (χ4v) is 4.29. The highest BCUT2D eigenvalue weighted by atomic mass is 16.5. The molecule has 5 heteroatoms. The minimum atomic E-state index is -0.701. The summed E-state index contributed by atoms with van der Waals surface area (Å²) in [5.74, 6) is -0.370. The van der Waals surface area contributed by atoms with Crippen molar-refractivity contribution in [2.75, 3.05) is 0 Å². The van der Waals surface area contributed by atoms with Crippen molar-refractivity contribution >= 4 is 5.97 Å². The van der Waals surface area contributed by atoms with Crippen LogP contribution in [-0.2, 0) is 9.53 Å². The van der Waals surface area contributed by atoms with Crippen molar-refractivity contribution < 1.29 is 24.9 Å². The van der Waals surface area contributed by atoms with Crippen LogP contribution in [0.3, 0.4) is 0 Å². The van der Waals surface area contributed by atoms with E-state index in [2.05, 4.69) is 6.92 Å². The van der Waals surface area contributed by atoms with Gasteiger partial charge in [-0.3, -0.25) is 0 Å². The summed E-state index contributed by atoms with van der Waals surface area (Å²) in [5, 5.41) is 30.4. The van der Waals surface area contributed by atoms with Crippen LogP contribution < -0.4 is 0 Å². The molecule has 31 heavy (non-hydrogen) atoms. The van der Waals surface area contributed by atoms with Gasteiger partial charge < -0.3 is 20.1 Å². The first-order valence-electron chi connectivity index (χ1n) is 12.9. The van der Waals surface area contributed by atoms with E-state index in [1.54, 1.807) is 6.08 Å². The molecule has 0 fully saturated rings. The molecule has 3 N–H and O–H groups in total. The number of aliphatic hydroxyl groups is 3. The summed E-state index contributed by atoms with van der Waals surface area (Å²) in [7, 11) is 0. The van der Waals surface area contributed by atoms with E-state index in [0.717, 1.165) is 12.8 Å². The minimum absolute atomic E-state index is 0.253. The van der Waals surface area contributed by atoms with Crippen molar-refractivity contribution in [1.82, 2.24) is 0 Å². The Labute approximate surface area is 190 Å². The number of aliphatic hydroxyl groups excluding tert-OH is 3. The van der Waals surface area contributed by atoms with Crippen molar-refractivity contribution in [1.29, 1.82) is 0 Å². The van der Waals surface area contributed by atoms with Gasteiger partial charge in [-0.1, -0.05) is 90.0 Å². The monoisotopic (exact) mass is 440 g/mol. The molecule has 0 aromatic heterocycles. The molecule has 0 aromatic rings. The van der Waals surface area contributed by atoms with Gasteiger partial charge in [0.2, 0.25) is 0 Å². The Morgan fingerprint density at radius 2 is 1.35 bits per heavy atom. The summed E-state index contributed by atoms with van der Waals surface area (Å²) in [5.41, 5.74) is 0. The maximum absolute atomic E-state index is 11.2. The van der Waals surface area contributed by atoms with E-state index in [0.29, 0.717) is 25.7 Å². The van der Waals surface area contributed by atoms with Crippen molar-refractivity contribution in [2.24, 2.45) is 0 Å². The lowest BCUT2D eigenvalue weighted by Gasteiger charge is -2.23. The van der Waals surface area contributed by atoms with E-state index in [4.69, 9.17) is 4.74 Å². The van der Waals surface area contributed by atoms with E-state index in [-0.39, 0.29) is 24.6 Å². The van der Waals surface area contributed by atoms with Gasteiger partial charge in [0, 0.05) is 18.9 Å². The summed E-state index contributed by atoms with van der Waals surface area (Å²) in [6.07, 6.45) is 19.9. The number of cyclic esters (lactones) is 1. The SMILES string of the molecule is CCCCCCCCCCCCCC[C@@H](O)CC[C@@H](O)C[C@@H](O)C[C@H]1CC=CC(=O)O1. The third-order valence-electron chi connectivity index (χ3n) is 6.24. The molecule has 0 unspecified atom stereocenters. The first kappa shape index (κ1) is 28.1. The maximum Gasteiger partial charge on any atom is 0.330 e. The molecule has 1 aliphatic heterocycles. The van der Waals surface area contributed by atoms with Gasteiger partial charge in [0.05, 0.1) is 18.3 Å². The van der Waals surface area contributed by atoms with Crippen LogP contribution in [-0.4, -0.2) is 45.7 Å². The van der Waals surface area contributed by atoms with Gasteiger partial charge in [-0.05, 0) is 25.7 Å². The standard InChI is InChI=1S/C26H48O5/c1-2-3-4-5-6-7-8-9-10-11-12-13-15-22(27)18-19-23(28)20-24(29)21-25-16-14-17-26(30)31-25/h14,17,22-25,27-29H,2-13,15-16,18-21H2,1H3/t22-,23-,24-,25-/m1/s1. The van der Waals surface area contributed by atoms with Gasteiger partial charge in [0.15, 0.2) is 0 Å². The molecule has 1 aliphatic rings. The van der Waals surface area contributed by atoms with E-state index >= 15 is 0 Å². The molecule has 4 atom stereocenters. The second-order valence-corrected chi connectivity index (χ2v) is 9.38. The van der Waals surface area contributed by atoms with Gasteiger partial charge in [0.25, 0.3) is 0 Å². The van der Waals surface area contributed by atoms with E-state index in [9.17, 15) is 20.1 Å². The zero-order valence-corrected chi connectivity index (χ0v) is 19.9. The van der Waals surface area contributed by atoms with Crippen molar-refractivity contribution in [3.63, 3.8) is 0 Å². The van der Waals surface area contributed by atoms with Crippen molar-refractivity contribution in [2.45, 2.75) is 147 Å². The molecule has 0 saturated carbocycles. The molecule has 0 radical (unpaired) electrons. The topological polar surface area (TPSA) is 87.0 Å². The largest absolute Gasteiger partial charge is 0.459 e. The van der Waals surface area contributed by atoms with Crippen molar-refractivity contribution in [3.8, 4) is 0 Å². The number of unbranched alkanes of at least 4 members (excludes halogenated alkanes) is 11. The molecule has 0 amide bonds. The van der Waals surface area contributed by atoms with Crippen LogP contribution in [0, 0.1) is 0 Å². The molecule has 0 aromatic carbocycles. The fraction of sp³-hybridized carbons (Fsp3) is 0.885. The molecular weight excluding hydrogens is 392 g/mol. The van der Waals surface area contributed by atoms with Crippen LogP contribution in [0.15, 0.2) is 12.2 Å². The van der Waals surface area contributed by atoms with Crippen LogP contribution in [0.4, 0.5) is 0 Å². The lowest BCUT2D eigenvalue weighted by atomic mass is 9.98. The molecule has 0 bridgehead atoms. The minimum Gasteiger partial charge on any atom is -0.459 e. The van der Waals surface area contributed by atoms with E-state index < -0.39 is 12.2 Å². The first-order valence-corrected chi connectivity index (χ1v) is 12.9. The Balaban J connectivity index is 1.91. The van der Waals surface area contributed by atoms with Gasteiger partial charge in [-0.25, -0.2) is 4.79 Å². The lowest BCUT2D eigenvalue weighted by molar-refractivity contribution is -0.145. The molecule has 182 valence electrons. The van der Waals surface area contributed by atoms with Crippen molar-refractivity contribution in [3.05, 3.63) is 12.2 Å². The average Bonchev–Trinajstić information content (AvgIpc) is 2.73. The Morgan fingerprint density at radius 3 is 1.94 bits per heavy atom. The van der Waals surface area contributed by atoms with Gasteiger partial charge >= 0.3 is 5.97 Å². The van der Waals surface area contributed by atoms with Gasteiger partial charge in [0.1, 0.15) is 6.10 Å². The zero-order valence-electron chi connectivity index (χ0n) is 19.9. The van der Waals surface area contributed by atoms with Crippen LogP contribution in [0.1, 0.15) is 122 Å². The molecule has 1 rings (SSSR count). The van der Waals surface area contributed by atoms with E-state index in [1.165, 1.54) is 76.7 Å².